The number of benzene rings is 2. The predicted molar refractivity (Wildman–Crippen MR) is 174 cm³/mol. The standard InChI is InChI=1S/C34H43FN6O3S/c1-4-34(2,3)40-16-14-39(15-17-40)26-9-12-38(13-10-26)21-23-5-6-24-22-41(32(44)27(24)19-23)30(28-20-25(35)7-8-29(28)42)31(43)37-33-36-11-18-45-33/h5-8,11,18-20,26,30,42H,4,9-10,12-17,21-22H2,1-3H3,(H,36,37,43). The Kier molecular flexibility index (Phi) is 9.24. The van der Waals surface area contributed by atoms with Crippen molar-refractivity contribution in [3.63, 3.8) is 0 Å². The maximum absolute atomic E-state index is 14.3. The van der Waals surface area contributed by atoms with Crippen molar-refractivity contribution < 1.29 is 19.1 Å². The summed E-state index contributed by atoms with van der Waals surface area (Å²) in [4.78, 5) is 40.6. The number of piperazine rings is 1. The van der Waals surface area contributed by atoms with Crippen molar-refractivity contribution in [3.05, 3.63) is 76.0 Å². The van der Waals surface area contributed by atoms with E-state index in [9.17, 15) is 19.1 Å². The summed E-state index contributed by atoms with van der Waals surface area (Å²) < 4.78 is 14.3. The number of carbonyl (C=O) groups excluding carboxylic acids is 2. The summed E-state index contributed by atoms with van der Waals surface area (Å²) in [7, 11) is 0. The van der Waals surface area contributed by atoms with Gasteiger partial charge in [0.05, 0.1) is 0 Å². The van der Waals surface area contributed by atoms with Crippen molar-refractivity contribution in [1.29, 1.82) is 0 Å². The van der Waals surface area contributed by atoms with Gasteiger partial charge in [0.15, 0.2) is 5.13 Å². The number of nitrogens with one attached hydrogen (secondary N) is 1. The van der Waals surface area contributed by atoms with Gasteiger partial charge >= 0.3 is 0 Å². The van der Waals surface area contributed by atoms with E-state index in [-0.39, 0.29) is 29.3 Å². The molecule has 0 spiro atoms. The van der Waals surface area contributed by atoms with Gasteiger partial charge in [0.1, 0.15) is 17.6 Å². The van der Waals surface area contributed by atoms with Crippen molar-refractivity contribution in [2.24, 2.45) is 0 Å². The maximum atomic E-state index is 14.3. The van der Waals surface area contributed by atoms with Crippen LogP contribution in [-0.4, -0.2) is 92.4 Å². The van der Waals surface area contributed by atoms with Gasteiger partial charge in [0, 0.05) is 73.6 Å². The van der Waals surface area contributed by atoms with Gasteiger partial charge in [0.2, 0.25) is 0 Å². The lowest BCUT2D eigenvalue weighted by molar-refractivity contribution is -0.120. The van der Waals surface area contributed by atoms with Crippen LogP contribution in [0.4, 0.5) is 9.52 Å². The molecule has 240 valence electrons. The largest absolute Gasteiger partial charge is 0.508 e. The lowest BCUT2D eigenvalue weighted by Crippen LogP contribution is -2.57. The fourth-order valence-electron chi connectivity index (χ4n) is 6.95. The van der Waals surface area contributed by atoms with Crippen LogP contribution in [-0.2, 0) is 17.9 Å². The molecular weight excluding hydrogens is 591 g/mol. The van der Waals surface area contributed by atoms with E-state index in [0.717, 1.165) is 88.3 Å². The average Bonchev–Trinajstić information content (AvgIpc) is 3.67. The number of aromatic hydroxyl groups is 1. The molecular formula is C34H43FN6O3S. The summed E-state index contributed by atoms with van der Waals surface area (Å²) in [6.45, 7) is 14.5. The van der Waals surface area contributed by atoms with Crippen LogP contribution in [0.2, 0.25) is 0 Å². The minimum Gasteiger partial charge on any atom is -0.508 e. The fourth-order valence-corrected chi connectivity index (χ4v) is 7.48. The first-order valence-electron chi connectivity index (χ1n) is 16.0. The Labute approximate surface area is 268 Å². The summed E-state index contributed by atoms with van der Waals surface area (Å²) >= 11 is 1.24. The first-order valence-corrected chi connectivity index (χ1v) is 16.8. The number of halogens is 1. The number of fused-ring (bicyclic) bond motifs is 1. The predicted octanol–water partition coefficient (Wildman–Crippen LogP) is 5.09. The number of likely N-dealkylation sites (tertiary alicyclic amines) is 1. The number of piperidine rings is 1. The summed E-state index contributed by atoms with van der Waals surface area (Å²) in [5.74, 6) is -1.74. The fraction of sp³-hybridized carbons (Fsp3) is 0.500. The van der Waals surface area contributed by atoms with Crippen LogP contribution in [0.1, 0.15) is 73.1 Å². The number of phenols is 1. The SMILES string of the molecule is CCC(C)(C)N1CCN(C2CCN(Cc3ccc4c(c3)C(=O)N(C(C(=O)Nc3nccs3)c3cc(F)ccc3O)C4)CC2)CC1. The second-order valence-electron chi connectivity index (χ2n) is 13.1. The molecule has 6 rings (SSSR count). The number of phenolic OH excluding ortho intramolecular Hbond substituents is 1. The number of rotatable bonds is 9. The summed E-state index contributed by atoms with van der Waals surface area (Å²) in [6, 6.07) is 8.76. The maximum Gasteiger partial charge on any atom is 0.255 e. The lowest BCUT2D eigenvalue weighted by Gasteiger charge is -2.47. The molecule has 2 amide bonds. The molecule has 0 saturated carbocycles. The third kappa shape index (κ3) is 6.77. The van der Waals surface area contributed by atoms with Crippen LogP contribution in [0, 0.1) is 5.82 Å². The van der Waals surface area contributed by atoms with E-state index in [1.165, 1.54) is 22.3 Å². The van der Waals surface area contributed by atoms with Crippen LogP contribution in [0.25, 0.3) is 0 Å². The molecule has 9 nitrogen and oxygen atoms in total. The molecule has 1 aromatic heterocycles. The average molecular weight is 635 g/mol. The van der Waals surface area contributed by atoms with Gasteiger partial charge in [-0.25, -0.2) is 9.37 Å². The van der Waals surface area contributed by atoms with Crippen molar-refractivity contribution >= 4 is 28.3 Å². The third-order valence-corrected chi connectivity index (χ3v) is 10.7. The number of amides is 2. The van der Waals surface area contributed by atoms with Crippen LogP contribution < -0.4 is 5.32 Å². The van der Waals surface area contributed by atoms with Gasteiger partial charge in [-0.3, -0.25) is 29.6 Å². The molecule has 0 bridgehead atoms. The van der Waals surface area contributed by atoms with Crippen LogP contribution in [0.5, 0.6) is 5.75 Å². The van der Waals surface area contributed by atoms with Crippen molar-refractivity contribution in [1.82, 2.24) is 24.6 Å². The monoisotopic (exact) mass is 634 g/mol. The van der Waals surface area contributed by atoms with E-state index in [4.69, 9.17) is 0 Å². The zero-order chi connectivity index (χ0) is 31.7. The van der Waals surface area contributed by atoms with Gasteiger partial charge in [-0.05, 0) is 81.6 Å². The van der Waals surface area contributed by atoms with E-state index >= 15 is 0 Å². The molecule has 2 N–H and O–H groups in total. The molecule has 1 unspecified atom stereocenters. The highest BCUT2D eigenvalue weighted by molar-refractivity contribution is 7.13. The van der Waals surface area contributed by atoms with E-state index in [1.807, 2.05) is 12.1 Å². The number of anilines is 1. The first kappa shape index (κ1) is 31.6. The van der Waals surface area contributed by atoms with Crippen LogP contribution >= 0.6 is 11.3 Å². The quantitative estimate of drug-likeness (QED) is 0.339. The summed E-state index contributed by atoms with van der Waals surface area (Å²) in [5.41, 5.74) is 2.69. The van der Waals surface area contributed by atoms with Gasteiger partial charge in [-0.1, -0.05) is 19.1 Å². The molecule has 0 aliphatic carbocycles. The highest BCUT2D eigenvalue weighted by Crippen LogP contribution is 2.37. The van der Waals surface area contributed by atoms with Gasteiger partial charge in [-0.15, -0.1) is 11.3 Å². The Balaban J connectivity index is 1.10. The third-order valence-electron chi connectivity index (χ3n) is 10.0. The number of hydrogen-bond acceptors (Lipinski definition) is 8. The van der Waals surface area contributed by atoms with Gasteiger partial charge < -0.3 is 10.0 Å². The number of thiazole rings is 1. The number of hydrogen-bond donors (Lipinski definition) is 2. The Morgan fingerprint density at radius 3 is 2.56 bits per heavy atom. The Morgan fingerprint density at radius 2 is 1.87 bits per heavy atom. The smallest absolute Gasteiger partial charge is 0.255 e. The van der Waals surface area contributed by atoms with Crippen LogP contribution in [0.15, 0.2) is 48.0 Å². The Morgan fingerprint density at radius 1 is 1.11 bits per heavy atom. The first-order chi connectivity index (χ1) is 21.6. The molecule has 4 heterocycles. The molecule has 1 atom stereocenters. The van der Waals surface area contributed by atoms with Gasteiger partial charge in [-0.2, -0.15) is 0 Å². The Bertz CT molecular complexity index is 1520. The molecule has 2 aromatic carbocycles. The minimum atomic E-state index is -1.23. The number of aromatic nitrogens is 1. The van der Waals surface area contributed by atoms with Crippen LogP contribution in [0.3, 0.4) is 0 Å². The molecule has 2 saturated heterocycles. The second kappa shape index (κ2) is 13.2. The molecule has 2 fully saturated rings. The molecule has 3 aromatic rings. The summed E-state index contributed by atoms with van der Waals surface area (Å²) in [5, 5.41) is 15.4. The van der Waals surface area contributed by atoms with E-state index in [2.05, 4.69) is 51.8 Å². The van der Waals surface area contributed by atoms with E-state index < -0.39 is 17.8 Å². The van der Waals surface area contributed by atoms with Gasteiger partial charge in [0.25, 0.3) is 11.8 Å². The highest BCUT2D eigenvalue weighted by atomic mass is 32.1. The van der Waals surface area contributed by atoms with Crippen molar-refractivity contribution in [2.45, 2.75) is 70.7 Å². The summed E-state index contributed by atoms with van der Waals surface area (Å²) in [6.07, 6.45) is 5.01. The molecule has 3 aliphatic rings. The number of carbonyl (C=O) groups is 2. The minimum absolute atomic E-state index is 0.0313. The zero-order valence-electron chi connectivity index (χ0n) is 26.3. The topological polar surface area (TPSA) is 92.3 Å². The molecule has 0 radical (unpaired) electrons. The van der Waals surface area contributed by atoms with E-state index in [1.54, 1.807) is 11.6 Å². The molecule has 3 aliphatic heterocycles. The normalized spacial score (nSPS) is 19.6. The molecule has 11 heteroatoms. The highest BCUT2D eigenvalue weighted by Gasteiger charge is 2.39. The van der Waals surface area contributed by atoms with Crippen molar-refractivity contribution in [2.75, 3.05) is 44.6 Å². The second-order valence-corrected chi connectivity index (χ2v) is 13.9. The lowest BCUT2D eigenvalue weighted by atomic mass is 9.97. The Hall–Kier alpha value is -3.38. The van der Waals surface area contributed by atoms with E-state index in [0.29, 0.717) is 16.7 Å². The zero-order valence-corrected chi connectivity index (χ0v) is 27.2. The number of nitrogens with zero attached hydrogens (tertiary/aromatic N) is 5. The molecule has 45 heavy (non-hydrogen) atoms. The van der Waals surface area contributed by atoms with Crippen molar-refractivity contribution in [3.8, 4) is 5.75 Å².